The lowest BCUT2D eigenvalue weighted by molar-refractivity contribution is -0.139. The topological polar surface area (TPSA) is 47.4 Å². The minimum atomic E-state index is 0.0688. The lowest BCUT2D eigenvalue weighted by Crippen LogP contribution is -2.40. The predicted octanol–water partition coefficient (Wildman–Crippen LogP) is 1.33. The normalized spacial score (nSPS) is 26.1. The van der Waals surface area contributed by atoms with Crippen LogP contribution in [0.1, 0.15) is 25.1 Å². The van der Waals surface area contributed by atoms with Gasteiger partial charge >= 0.3 is 0 Å². The maximum atomic E-state index is 12.4. The predicted molar refractivity (Wildman–Crippen MR) is 75.2 cm³/mol. The van der Waals surface area contributed by atoms with Gasteiger partial charge in [-0.15, -0.1) is 0 Å². The molecule has 0 aromatic carbocycles. The summed E-state index contributed by atoms with van der Waals surface area (Å²) < 4.78 is 7.63. The van der Waals surface area contributed by atoms with Crippen molar-refractivity contribution in [1.29, 1.82) is 0 Å². The van der Waals surface area contributed by atoms with E-state index in [1.54, 1.807) is 0 Å². The molecule has 5 heteroatoms. The molecular formula is C15H23N3O2. The first-order chi connectivity index (χ1) is 9.74. The van der Waals surface area contributed by atoms with Gasteiger partial charge in [-0.3, -0.25) is 4.79 Å². The number of hydrogen-bond acceptors (Lipinski definition) is 3. The molecule has 0 spiro atoms. The van der Waals surface area contributed by atoms with Crippen LogP contribution in [-0.2, 0) is 22.5 Å². The van der Waals surface area contributed by atoms with E-state index < -0.39 is 0 Å². The fourth-order valence-electron chi connectivity index (χ4n) is 3.30. The highest BCUT2D eigenvalue weighted by Crippen LogP contribution is 2.21. The number of amides is 1. The van der Waals surface area contributed by atoms with E-state index in [-0.39, 0.29) is 11.8 Å². The second-order valence-electron chi connectivity index (χ2n) is 6.03. The van der Waals surface area contributed by atoms with Gasteiger partial charge in [0.2, 0.25) is 5.91 Å². The molecule has 1 fully saturated rings. The Morgan fingerprint density at radius 1 is 1.55 bits per heavy atom. The number of carbonyl (C=O) groups excluding carboxylic acids is 1. The standard InChI is InChI=1S/C15H23N3O2/c1-17(15(19)13-3-2-8-20-11-13)10-12-4-6-18-7-5-16-14(18)9-12/h5,7,12-13H,2-4,6,8-11H2,1H3/t12-,13-/m0/s1. The third kappa shape index (κ3) is 2.87. The summed E-state index contributed by atoms with van der Waals surface area (Å²) in [6, 6.07) is 0. The number of fused-ring (bicyclic) bond motifs is 1. The lowest BCUT2D eigenvalue weighted by atomic mass is 9.95. The van der Waals surface area contributed by atoms with Crippen molar-refractivity contribution in [2.24, 2.45) is 11.8 Å². The summed E-state index contributed by atoms with van der Waals surface area (Å²) in [6.45, 7) is 3.26. The highest BCUT2D eigenvalue weighted by molar-refractivity contribution is 5.78. The summed E-state index contributed by atoms with van der Waals surface area (Å²) in [6.07, 6.45) is 7.99. The molecule has 3 heterocycles. The van der Waals surface area contributed by atoms with Gasteiger partial charge in [-0.1, -0.05) is 0 Å². The number of aryl methyl sites for hydroxylation is 1. The Balaban J connectivity index is 1.54. The molecule has 110 valence electrons. The number of carbonyl (C=O) groups is 1. The Kier molecular flexibility index (Phi) is 4.05. The van der Waals surface area contributed by atoms with Crippen molar-refractivity contribution in [3.8, 4) is 0 Å². The van der Waals surface area contributed by atoms with Crippen molar-refractivity contribution in [3.63, 3.8) is 0 Å². The third-order valence-electron chi connectivity index (χ3n) is 4.47. The summed E-state index contributed by atoms with van der Waals surface area (Å²) >= 11 is 0. The van der Waals surface area contributed by atoms with Crippen LogP contribution in [0.2, 0.25) is 0 Å². The molecule has 1 aromatic rings. The zero-order chi connectivity index (χ0) is 13.9. The smallest absolute Gasteiger partial charge is 0.227 e. The molecule has 0 unspecified atom stereocenters. The highest BCUT2D eigenvalue weighted by Gasteiger charge is 2.27. The SMILES string of the molecule is CN(C[C@H]1CCn2ccnc2C1)C(=O)[C@H]1CCCOC1. The number of nitrogens with zero attached hydrogens (tertiary/aromatic N) is 3. The molecule has 2 aliphatic rings. The van der Waals surface area contributed by atoms with E-state index in [1.807, 2.05) is 24.3 Å². The average Bonchev–Trinajstić information content (AvgIpc) is 2.95. The molecule has 0 bridgehead atoms. The fourth-order valence-corrected chi connectivity index (χ4v) is 3.30. The number of imidazole rings is 1. The summed E-state index contributed by atoms with van der Waals surface area (Å²) in [4.78, 5) is 18.7. The molecule has 0 N–H and O–H groups in total. The summed E-state index contributed by atoms with van der Waals surface area (Å²) in [5.74, 6) is 2.00. The minimum absolute atomic E-state index is 0.0688. The molecule has 0 aliphatic carbocycles. The van der Waals surface area contributed by atoms with Crippen molar-refractivity contribution in [1.82, 2.24) is 14.5 Å². The zero-order valence-electron chi connectivity index (χ0n) is 12.1. The molecular weight excluding hydrogens is 254 g/mol. The molecule has 0 saturated carbocycles. The number of ether oxygens (including phenoxy) is 1. The van der Waals surface area contributed by atoms with Crippen LogP contribution in [0, 0.1) is 11.8 Å². The molecule has 1 saturated heterocycles. The van der Waals surface area contributed by atoms with Crippen LogP contribution in [-0.4, -0.2) is 47.2 Å². The van der Waals surface area contributed by atoms with E-state index in [9.17, 15) is 4.79 Å². The van der Waals surface area contributed by atoms with Crippen LogP contribution < -0.4 is 0 Å². The van der Waals surface area contributed by atoms with E-state index in [1.165, 1.54) is 0 Å². The van der Waals surface area contributed by atoms with E-state index in [2.05, 4.69) is 9.55 Å². The van der Waals surface area contributed by atoms with E-state index >= 15 is 0 Å². The largest absolute Gasteiger partial charge is 0.381 e. The fraction of sp³-hybridized carbons (Fsp3) is 0.733. The first-order valence-electron chi connectivity index (χ1n) is 7.57. The van der Waals surface area contributed by atoms with Crippen molar-refractivity contribution in [3.05, 3.63) is 18.2 Å². The maximum Gasteiger partial charge on any atom is 0.227 e. The second kappa shape index (κ2) is 5.95. The van der Waals surface area contributed by atoms with Gasteiger partial charge in [0, 0.05) is 45.6 Å². The van der Waals surface area contributed by atoms with Gasteiger partial charge in [-0.2, -0.15) is 0 Å². The Morgan fingerprint density at radius 2 is 2.45 bits per heavy atom. The van der Waals surface area contributed by atoms with Crippen LogP contribution in [0.25, 0.3) is 0 Å². The van der Waals surface area contributed by atoms with Gasteiger partial charge in [-0.25, -0.2) is 4.98 Å². The van der Waals surface area contributed by atoms with Gasteiger partial charge in [0.05, 0.1) is 12.5 Å². The van der Waals surface area contributed by atoms with Gasteiger partial charge in [0.25, 0.3) is 0 Å². The van der Waals surface area contributed by atoms with Crippen molar-refractivity contribution < 1.29 is 9.53 Å². The summed E-state index contributed by atoms with van der Waals surface area (Å²) in [5, 5.41) is 0. The summed E-state index contributed by atoms with van der Waals surface area (Å²) in [5.41, 5.74) is 0. The lowest BCUT2D eigenvalue weighted by Gasteiger charge is -2.31. The Bertz CT molecular complexity index is 465. The quantitative estimate of drug-likeness (QED) is 0.837. The highest BCUT2D eigenvalue weighted by atomic mass is 16.5. The van der Waals surface area contributed by atoms with E-state index in [4.69, 9.17) is 4.74 Å². The van der Waals surface area contributed by atoms with Gasteiger partial charge in [0.15, 0.2) is 0 Å². The van der Waals surface area contributed by atoms with Crippen LogP contribution >= 0.6 is 0 Å². The number of hydrogen-bond donors (Lipinski definition) is 0. The number of rotatable bonds is 3. The van der Waals surface area contributed by atoms with Crippen LogP contribution in [0.3, 0.4) is 0 Å². The first kappa shape index (κ1) is 13.6. The second-order valence-corrected chi connectivity index (χ2v) is 6.03. The number of aromatic nitrogens is 2. The summed E-state index contributed by atoms with van der Waals surface area (Å²) in [7, 11) is 1.93. The van der Waals surface area contributed by atoms with Crippen molar-refractivity contribution in [2.45, 2.75) is 32.2 Å². The van der Waals surface area contributed by atoms with Crippen LogP contribution in [0.4, 0.5) is 0 Å². The molecule has 20 heavy (non-hydrogen) atoms. The molecule has 5 nitrogen and oxygen atoms in total. The Morgan fingerprint density at radius 3 is 3.25 bits per heavy atom. The molecule has 1 aromatic heterocycles. The minimum Gasteiger partial charge on any atom is -0.381 e. The van der Waals surface area contributed by atoms with Crippen LogP contribution in [0.15, 0.2) is 12.4 Å². The zero-order valence-corrected chi connectivity index (χ0v) is 12.1. The van der Waals surface area contributed by atoms with Gasteiger partial charge < -0.3 is 14.2 Å². The van der Waals surface area contributed by atoms with Crippen molar-refractivity contribution >= 4 is 5.91 Å². The van der Waals surface area contributed by atoms with Gasteiger partial charge in [-0.05, 0) is 25.2 Å². The van der Waals surface area contributed by atoms with Gasteiger partial charge in [0.1, 0.15) is 5.82 Å². The monoisotopic (exact) mass is 277 g/mol. The third-order valence-corrected chi connectivity index (χ3v) is 4.47. The Labute approximate surface area is 119 Å². The van der Waals surface area contributed by atoms with Crippen LogP contribution in [0.5, 0.6) is 0 Å². The van der Waals surface area contributed by atoms with E-state index in [0.29, 0.717) is 12.5 Å². The maximum absolute atomic E-state index is 12.4. The van der Waals surface area contributed by atoms with Crippen molar-refractivity contribution in [2.75, 3.05) is 26.8 Å². The molecule has 2 atom stereocenters. The molecule has 1 amide bonds. The first-order valence-corrected chi connectivity index (χ1v) is 7.57. The molecule has 3 rings (SSSR count). The Hall–Kier alpha value is -1.36. The molecule has 2 aliphatic heterocycles. The van der Waals surface area contributed by atoms with E-state index in [0.717, 1.165) is 51.2 Å². The molecule has 0 radical (unpaired) electrons. The average molecular weight is 277 g/mol.